The molecule has 0 aromatic rings. The molecule has 0 atom stereocenters. The van der Waals surface area contributed by atoms with Crippen molar-refractivity contribution in [2.75, 3.05) is 26.3 Å². The predicted octanol–water partition coefficient (Wildman–Crippen LogP) is 3.07. The zero-order valence-electron chi connectivity index (χ0n) is 12.7. The van der Waals surface area contributed by atoms with Gasteiger partial charge in [0.05, 0.1) is 19.6 Å². The Morgan fingerprint density at radius 1 is 1.00 bits per heavy atom. The van der Waals surface area contributed by atoms with E-state index >= 15 is 0 Å². The molecule has 0 aliphatic carbocycles. The Labute approximate surface area is 113 Å². The average Bonchev–Trinajstić information content (AvgIpc) is 2.41. The highest BCUT2D eigenvalue weighted by atomic mass is 16.1. The van der Waals surface area contributed by atoms with Gasteiger partial charge in [0, 0.05) is 6.42 Å². The van der Waals surface area contributed by atoms with Crippen LogP contribution in [-0.2, 0) is 4.79 Å². The molecule has 0 aromatic carbocycles. The molecule has 0 rings (SSSR count). The van der Waals surface area contributed by atoms with Crippen molar-refractivity contribution in [1.29, 1.82) is 0 Å². The first kappa shape index (κ1) is 17.2. The normalized spacial score (nSPS) is 12.0. The van der Waals surface area contributed by atoms with Crippen LogP contribution in [0.5, 0.6) is 0 Å². The lowest BCUT2D eigenvalue weighted by atomic mass is 10.2. The summed E-state index contributed by atoms with van der Waals surface area (Å²) in [7, 11) is 0. The summed E-state index contributed by atoms with van der Waals surface area (Å²) in [5, 5.41) is 3.07. The largest absolute Gasteiger partial charge is 0.309 e. The third-order valence-electron chi connectivity index (χ3n) is 3.78. The summed E-state index contributed by atoms with van der Waals surface area (Å²) >= 11 is 0. The second-order valence-electron chi connectivity index (χ2n) is 4.85. The fraction of sp³-hybridized carbons (Fsp3) is 0.800. The quantitative estimate of drug-likeness (QED) is 0.363. The highest BCUT2D eigenvalue weighted by molar-refractivity contribution is 5.75. The van der Waals surface area contributed by atoms with Crippen molar-refractivity contribution in [1.82, 2.24) is 5.32 Å². The zero-order chi connectivity index (χ0) is 13.9. The van der Waals surface area contributed by atoms with Gasteiger partial charge >= 0.3 is 0 Å². The van der Waals surface area contributed by atoms with Crippen molar-refractivity contribution in [2.24, 2.45) is 0 Å². The number of carbonyl (C=O) groups is 1. The monoisotopic (exact) mass is 255 g/mol. The summed E-state index contributed by atoms with van der Waals surface area (Å²) in [6.45, 7) is 12.7. The van der Waals surface area contributed by atoms with E-state index in [9.17, 15) is 4.79 Å². The zero-order valence-corrected chi connectivity index (χ0v) is 12.7. The van der Waals surface area contributed by atoms with Crippen molar-refractivity contribution >= 4 is 5.91 Å². The number of hydrogen-bond acceptors (Lipinski definition) is 1. The topological polar surface area (TPSA) is 29.1 Å². The van der Waals surface area contributed by atoms with Crippen molar-refractivity contribution < 1.29 is 9.28 Å². The molecule has 0 saturated carbocycles. The summed E-state index contributed by atoms with van der Waals surface area (Å²) in [5.41, 5.74) is 0. The number of hydrogen-bond donors (Lipinski definition) is 1. The summed E-state index contributed by atoms with van der Waals surface area (Å²) in [5.74, 6) is 0.175. The van der Waals surface area contributed by atoms with Crippen molar-refractivity contribution in [3.8, 4) is 0 Å². The van der Waals surface area contributed by atoms with E-state index in [-0.39, 0.29) is 5.91 Å². The molecule has 0 unspecified atom stereocenters. The lowest BCUT2D eigenvalue weighted by molar-refractivity contribution is -0.924. The maximum Gasteiger partial charge on any atom is 0.224 e. The minimum absolute atomic E-state index is 0.175. The molecule has 0 heterocycles. The van der Waals surface area contributed by atoms with Gasteiger partial charge in [0.1, 0.15) is 0 Å². The summed E-state index contributed by atoms with van der Waals surface area (Å²) in [6.07, 6.45) is 8.03. The average molecular weight is 255 g/mol. The number of allylic oxidation sites excluding steroid dienone is 2. The lowest BCUT2D eigenvalue weighted by Gasteiger charge is -2.35. The molecule has 0 bridgehead atoms. The molecule has 0 spiro atoms. The standard InChI is InChI=1S/C15H30N2O/c1-5-9-10-11-12-13-15(18)16-14-17(6-2,7-3)8-4/h10-11H,5-9,12-14H2,1-4H3/p+1/b11-10+. The first-order chi connectivity index (χ1) is 8.64. The predicted molar refractivity (Wildman–Crippen MR) is 78.2 cm³/mol. The minimum atomic E-state index is 0.175. The van der Waals surface area contributed by atoms with Crippen LogP contribution >= 0.6 is 0 Å². The number of unbranched alkanes of at least 4 members (excludes halogenated alkanes) is 1. The molecule has 0 aliphatic heterocycles. The molecule has 3 heteroatoms. The molecular weight excluding hydrogens is 224 g/mol. The smallest absolute Gasteiger partial charge is 0.224 e. The fourth-order valence-electron chi connectivity index (χ4n) is 1.97. The molecular formula is C15H31N2O+. The van der Waals surface area contributed by atoms with Gasteiger partial charge in [0.25, 0.3) is 0 Å². The van der Waals surface area contributed by atoms with E-state index in [4.69, 9.17) is 0 Å². The van der Waals surface area contributed by atoms with E-state index in [1.54, 1.807) is 0 Å². The molecule has 0 saturated heterocycles. The van der Waals surface area contributed by atoms with Gasteiger partial charge in [-0.2, -0.15) is 0 Å². The summed E-state index contributed by atoms with van der Waals surface area (Å²) < 4.78 is 0.970. The second kappa shape index (κ2) is 10.1. The van der Waals surface area contributed by atoms with Gasteiger partial charge in [-0.25, -0.2) is 0 Å². The van der Waals surface area contributed by atoms with E-state index < -0.39 is 0 Å². The van der Waals surface area contributed by atoms with Gasteiger partial charge in [0.2, 0.25) is 5.91 Å². The van der Waals surface area contributed by atoms with Crippen LogP contribution in [0.1, 0.15) is 53.4 Å². The van der Waals surface area contributed by atoms with Crippen LogP contribution < -0.4 is 5.32 Å². The van der Waals surface area contributed by atoms with Gasteiger partial charge < -0.3 is 9.80 Å². The Hall–Kier alpha value is -0.830. The number of nitrogens with one attached hydrogen (secondary N) is 1. The van der Waals surface area contributed by atoms with E-state index in [0.29, 0.717) is 6.42 Å². The first-order valence-corrected chi connectivity index (χ1v) is 7.40. The summed E-state index contributed by atoms with van der Waals surface area (Å²) in [6, 6.07) is 0. The maximum absolute atomic E-state index is 11.7. The Balaban J connectivity index is 3.88. The van der Waals surface area contributed by atoms with Crippen LogP contribution in [0.3, 0.4) is 0 Å². The Bertz CT molecular complexity index is 237. The Morgan fingerprint density at radius 3 is 2.06 bits per heavy atom. The molecule has 1 N–H and O–H groups in total. The molecule has 0 aliphatic rings. The first-order valence-electron chi connectivity index (χ1n) is 7.40. The Morgan fingerprint density at radius 2 is 1.56 bits per heavy atom. The molecule has 18 heavy (non-hydrogen) atoms. The van der Waals surface area contributed by atoms with Gasteiger partial charge in [-0.15, -0.1) is 0 Å². The highest BCUT2D eigenvalue weighted by Crippen LogP contribution is 2.03. The number of nitrogens with zero attached hydrogens (tertiary/aromatic N) is 1. The highest BCUT2D eigenvalue weighted by Gasteiger charge is 2.20. The molecule has 0 radical (unpaired) electrons. The second-order valence-corrected chi connectivity index (χ2v) is 4.85. The number of amides is 1. The van der Waals surface area contributed by atoms with E-state index in [1.807, 2.05) is 0 Å². The third-order valence-corrected chi connectivity index (χ3v) is 3.78. The van der Waals surface area contributed by atoms with Gasteiger partial charge in [-0.1, -0.05) is 25.5 Å². The van der Waals surface area contributed by atoms with Crippen molar-refractivity contribution in [3.05, 3.63) is 12.2 Å². The molecule has 1 amide bonds. The molecule has 106 valence electrons. The van der Waals surface area contributed by atoms with Crippen LogP contribution in [-0.4, -0.2) is 36.7 Å². The van der Waals surface area contributed by atoms with Gasteiger partial charge in [0.15, 0.2) is 6.67 Å². The van der Waals surface area contributed by atoms with Crippen molar-refractivity contribution in [2.45, 2.75) is 53.4 Å². The number of rotatable bonds is 10. The van der Waals surface area contributed by atoms with Crippen LogP contribution in [0.4, 0.5) is 0 Å². The SMILES string of the molecule is CCC/C=C/CCC(=O)NC[N+](CC)(CC)CC. The lowest BCUT2D eigenvalue weighted by Crippen LogP contribution is -2.54. The van der Waals surface area contributed by atoms with Gasteiger partial charge in [-0.3, -0.25) is 4.79 Å². The van der Waals surface area contributed by atoms with Crippen LogP contribution in [0.25, 0.3) is 0 Å². The number of carbonyl (C=O) groups excluding carboxylic acids is 1. The van der Waals surface area contributed by atoms with Crippen LogP contribution in [0.2, 0.25) is 0 Å². The third kappa shape index (κ3) is 6.80. The Kier molecular flexibility index (Phi) is 9.66. The minimum Gasteiger partial charge on any atom is -0.309 e. The molecule has 3 nitrogen and oxygen atoms in total. The van der Waals surface area contributed by atoms with Crippen LogP contribution in [0.15, 0.2) is 12.2 Å². The molecule has 0 aromatic heterocycles. The van der Waals surface area contributed by atoms with E-state index in [2.05, 4.69) is 45.2 Å². The van der Waals surface area contributed by atoms with E-state index in [0.717, 1.165) is 43.6 Å². The van der Waals surface area contributed by atoms with E-state index in [1.165, 1.54) is 6.42 Å². The maximum atomic E-state index is 11.7. The van der Waals surface area contributed by atoms with Gasteiger partial charge in [-0.05, 0) is 33.6 Å². The molecule has 0 fully saturated rings. The summed E-state index contributed by atoms with van der Waals surface area (Å²) in [4.78, 5) is 11.7. The number of quaternary nitrogens is 1. The fourth-order valence-corrected chi connectivity index (χ4v) is 1.97. The van der Waals surface area contributed by atoms with Crippen LogP contribution in [0, 0.1) is 0 Å². The van der Waals surface area contributed by atoms with Crippen molar-refractivity contribution in [3.63, 3.8) is 0 Å².